The molecule has 0 spiro atoms. The zero-order valence-electron chi connectivity index (χ0n) is 18.4. The minimum atomic E-state index is -0.179. The van der Waals surface area contributed by atoms with E-state index in [1.165, 1.54) is 6.42 Å². The SMILES string of the molecule is CCOC(=O)C[C@H]1CC=C2C3=C(CC[C@@]21C)[C@@]1(C)CCC(O)C(C)(C)C1CC3. The molecule has 3 nitrogen and oxygen atoms in total. The van der Waals surface area contributed by atoms with Crippen molar-refractivity contribution in [2.24, 2.45) is 28.1 Å². The molecule has 0 heterocycles. The fourth-order valence-electron chi connectivity index (χ4n) is 7.50. The molecule has 0 aromatic carbocycles. The lowest BCUT2D eigenvalue weighted by Crippen LogP contribution is -2.53. The number of carbonyl (C=O) groups is 1. The summed E-state index contributed by atoms with van der Waals surface area (Å²) in [7, 11) is 0. The molecule has 0 bridgehead atoms. The molecular formula is C25H38O3. The normalized spacial score (nSPS) is 41.6. The van der Waals surface area contributed by atoms with Gasteiger partial charge in [-0.3, -0.25) is 4.79 Å². The molecule has 5 atom stereocenters. The Kier molecular flexibility index (Phi) is 4.85. The second-order valence-corrected chi connectivity index (χ2v) is 10.8. The van der Waals surface area contributed by atoms with Gasteiger partial charge < -0.3 is 9.84 Å². The molecule has 0 aromatic heterocycles. The number of carbonyl (C=O) groups excluding carboxylic acids is 1. The Morgan fingerprint density at radius 2 is 1.89 bits per heavy atom. The highest BCUT2D eigenvalue weighted by Crippen LogP contribution is 2.66. The number of aliphatic hydroxyl groups is 1. The number of aliphatic hydroxyl groups excluding tert-OH is 1. The summed E-state index contributed by atoms with van der Waals surface area (Å²) in [5.41, 5.74) is 5.18. The van der Waals surface area contributed by atoms with Gasteiger partial charge in [0.1, 0.15) is 0 Å². The first kappa shape index (κ1) is 20.2. The topological polar surface area (TPSA) is 46.5 Å². The van der Waals surface area contributed by atoms with Crippen molar-refractivity contribution in [3.05, 3.63) is 22.8 Å². The van der Waals surface area contributed by atoms with Crippen molar-refractivity contribution in [3.63, 3.8) is 0 Å². The Balaban J connectivity index is 1.65. The maximum atomic E-state index is 12.2. The molecule has 3 heteroatoms. The molecule has 1 fully saturated rings. The Morgan fingerprint density at radius 3 is 2.61 bits per heavy atom. The Morgan fingerprint density at radius 1 is 1.14 bits per heavy atom. The molecule has 4 aliphatic rings. The van der Waals surface area contributed by atoms with Crippen LogP contribution in [0.3, 0.4) is 0 Å². The minimum Gasteiger partial charge on any atom is -0.466 e. The highest BCUT2D eigenvalue weighted by Gasteiger charge is 2.57. The van der Waals surface area contributed by atoms with Crippen LogP contribution in [-0.2, 0) is 9.53 Å². The third-order valence-electron chi connectivity index (χ3n) is 9.26. The molecule has 1 N–H and O–H groups in total. The largest absolute Gasteiger partial charge is 0.466 e. The van der Waals surface area contributed by atoms with E-state index >= 15 is 0 Å². The van der Waals surface area contributed by atoms with E-state index in [0.29, 0.717) is 24.9 Å². The maximum Gasteiger partial charge on any atom is 0.306 e. The van der Waals surface area contributed by atoms with Gasteiger partial charge in [-0.15, -0.1) is 0 Å². The lowest BCUT2D eigenvalue weighted by Gasteiger charge is -2.59. The Labute approximate surface area is 170 Å². The van der Waals surface area contributed by atoms with Crippen LogP contribution in [0.5, 0.6) is 0 Å². The van der Waals surface area contributed by atoms with Crippen molar-refractivity contribution in [1.29, 1.82) is 0 Å². The quantitative estimate of drug-likeness (QED) is 0.644. The van der Waals surface area contributed by atoms with Gasteiger partial charge in [0.05, 0.1) is 12.7 Å². The molecule has 0 aromatic rings. The average Bonchev–Trinajstić information content (AvgIpc) is 2.95. The standard InChI is InChI=1S/C25H38O3/c1-6-28-22(27)15-16-7-9-18-17-8-10-20-23(2,3)21(26)12-14-25(20,5)19(17)11-13-24(16,18)4/h9,16,20-21,26H,6-8,10-15H2,1-5H3/t16-,20?,21?,24-,25-/m1/s1. The fourth-order valence-corrected chi connectivity index (χ4v) is 7.50. The number of allylic oxidation sites excluding steroid dienone is 4. The first-order valence-corrected chi connectivity index (χ1v) is 11.4. The van der Waals surface area contributed by atoms with Crippen LogP contribution in [0, 0.1) is 28.1 Å². The number of esters is 1. The van der Waals surface area contributed by atoms with Gasteiger partial charge in [0.2, 0.25) is 0 Å². The van der Waals surface area contributed by atoms with Crippen molar-refractivity contribution in [2.45, 2.75) is 92.1 Å². The summed E-state index contributed by atoms with van der Waals surface area (Å²) < 4.78 is 5.26. The smallest absolute Gasteiger partial charge is 0.306 e. The highest BCUT2D eigenvalue weighted by atomic mass is 16.5. The van der Waals surface area contributed by atoms with Crippen molar-refractivity contribution in [2.75, 3.05) is 6.61 Å². The fraction of sp³-hybridized carbons (Fsp3) is 0.800. The van der Waals surface area contributed by atoms with Gasteiger partial charge in [0, 0.05) is 6.42 Å². The van der Waals surface area contributed by atoms with Crippen LogP contribution in [-0.4, -0.2) is 23.8 Å². The molecule has 0 aliphatic heterocycles. The Hall–Kier alpha value is -1.09. The van der Waals surface area contributed by atoms with Crippen LogP contribution in [0.1, 0.15) is 86.0 Å². The van der Waals surface area contributed by atoms with E-state index in [1.54, 1.807) is 16.7 Å². The first-order chi connectivity index (χ1) is 13.1. The van der Waals surface area contributed by atoms with E-state index in [1.807, 2.05) is 6.92 Å². The highest BCUT2D eigenvalue weighted by molar-refractivity contribution is 5.70. The zero-order valence-corrected chi connectivity index (χ0v) is 18.4. The van der Waals surface area contributed by atoms with Crippen LogP contribution in [0.4, 0.5) is 0 Å². The summed E-state index contributed by atoms with van der Waals surface area (Å²) in [4.78, 5) is 12.2. The van der Waals surface area contributed by atoms with E-state index in [9.17, 15) is 9.90 Å². The Bertz CT molecular complexity index is 730. The summed E-state index contributed by atoms with van der Waals surface area (Å²) in [5.74, 6) is 0.900. The molecule has 2 unspecified atom stereocenters. The van der Waals surface area contributed by atoms with Crippen LogP contribution in [0.25, 0.3) is 0 Å². The zero-order chi connectivity index (χ0) is 20.3. The van der Waals surface area contributed by atoms with Gasteiger partial charge in [0.15, 0.2) is 0 Å². The van der Waals surface area contributed by atoms with E-state index in [-0.39, 0.29) is 28.3 Å². The predicted octanol–water partition coefficient (Wildman–Crippen LogP) is 5.58. The number of rotatable bonds is 3. The van der Waals surface area contributed by atoms with Crippen LogP contribution >= 0.6 is 0 Å². The van der Waals surface area contributed by atoms with E-state index in [0.717, 1.165) is 38.5 Å². The molecule has 4 rings (SSSR count). The van der Waals surface area contributed by atoms with Gasteiger partial charge in [-0.1, -0.05) is 39.3 Å². The number of fused-ring (bicyclic) bond motifs is 4. The van der Waals surface area contributed by atoms with Crippen molar-refractivity contribution >= 4 is 5.97 Å². The second kappa shape index (κ2) is 6.72. The summed E-state index contributed by atoms with van der Waals surface area (Å²) in [6, 6.07) is 0. The summed E-state index contributed by atoms with van der Waals surface area (Å²) in [5, 5.41) is 10.7. The van der Waals surface area contributed by atoms with Crippen molar-refractivity contribution in [1.82, 2.24) is 0 Å². The molecule has 0 radical (unpaired) electrons. The van der Waals surface area contributed by atoms with Gasteiger partial charge in [0.25, 0.3) is 0 Å². The van der Waals surface area contributed by atoms with E-state index < -0.39 is 0 Å². The molecule has 0 saturated heterocycles. The van der Waals surface area contributed by atoms with Gasteiger partial charge in [-0.05, 0) is 91.1 Å². The summed E-state index contributed by atoms with van der Waals surface area (Å²) in [6.07, 6.45) is 10.5. The molecule has 28 heavy (non-hydrogen) atoms. The van der Waals surface area contributed by atoms with Crippen molar-refractivity contribution in [3.8, 4) is 0 Å². The summed E-state index contributed by atoms with van der Waals surface area (Å²) >= 11 is 0. The molecule has 1 saturated carbocycles. The minimum absolute atomic E-state index is 0.0111. The second-order valence-electron chi connectivity index (χ2n) is 10.8. The number of hydrogen-bond donors (Lipinski definition) is 1. The number of ether oxygens (including phenoxy) is 1. The maximum absolute atomic E-state index is 12.2. The molecule has 156 valence electrons. The van der Waals surface area contributed by atoms with Gasteiger partial charge >= 0.3 is 5.97 Å². The number of hydrogen-bond acceptors (Lipinski definition) is 3. The molecule has 4 aliphatic carbocycles. The monoisotopic (exact) mass is 386 g/mol. The van der Waals surface area contributed by atoms with Crippen LogP contribution in [0.2, 0.25) is 0 Å². The molecule has 0 amide bonds. The predicted molar refractivity (Wildman–Crippen MR) is 112 cm³/mol. The van der Waals surface area contributed by atoms with Gasteiger partial charge in [-0.2, -0.15) is 0 Å². The lowest BCUT2D eigenvalue weighted by atomic mass is 9.46. The third kappa shape index (κ3) is 2.75. The lowest BCUT2D eigenvalue weighted by molar-refractivity contribution is -0.145. The van der Waals surface area contributed by atoms with Crippen LogP contribution in [0.15, 0.2) is 22.8 Å². The van der Waals surface area contributed by atoms with E-state index in [2.05, 4.69) is 33.8 Å². The molecular weight excluding hydrogens is 348 g/mol. The van der Waals surface area contributed by atoms with Gasteiger partial charge in [-0.25, -0.2) is 0 Å². The summed E-state index contributed by atoms with van der Waals surface area (Å²) in [6.45, 7) is 11.8. The van der Waals surface area contributed by atoms with Crippen LogP contribution < -0.4 is 0 Å². The first-order valence-electron chi connectivity index (χ1n) is 11.4. The average molecular weight is 387 g/mol. The third-order valence-corrected chi connectivity index (χ3v) is 9.26. The van der Waals surface area contributed by atoms with Crippen molar-refractivity contribution < 1.29 is 14.6 Å². The van der Waals surface area contributed by atoms with E-state index in [4.69, 9.17) is 4.74 Å².